The van der Waals surface area contributed by atoms with Crippen molar-refractivity contribution in [2.24, 2.45) is 11.8 Å². The number of carbonyl (C=O) groups is 1. The topological polar surface area (TPSA) is 17.1 Å². The van der Waals surface area contributed by atoms with E-state index in [4.69, 9.17) is 0 Å². The second-order valence-corrected chi connectivity index (χ2v) is 3.49. The number of allylic oxidation sites excluding steroid dienone is 6. The molecule has 0 atom stereocenters. The highest BCUT2D eigenvalue weighted by atomic mass is 16.1. The molecular formula is C11H12O. The molecule has 1 heteroatoms. The van der Waals surface area contributed by atoms with Gasteiger partial charge in [-0.3, -0.25) is 4.79 Å². The Morgan fingerprint density at radius 2 is 1.50 bits per heavy atom. The van der Waals surface area contributed by atoms with Gasteiger partial charge in [-0.1, -0.05) is 29.9 Å². The first-order chi connectivity index (χ1) is 5.70. The van der Waals surface area contributed by atoms with E-state index in [9.17, 15) is 4.79 Å². The maximum absolute atomic E-state index is 11.7. The maximum atomic E-state index is 11.7. The molecule has 62 valence electrons. The SMILES string of the molecule is CC1=C(C)C2C=CC(C=C2)C1=O. The number of carbonyl (C=O) groups excluding carboxylic acids is 1. The minimum atomic E-state index is 0.0127. The normalized spacial score (nSPS) is 33.0. The van der Waals surface area contributed by atoms with Gasteiger partial charge in [-0.25, -0.2) is 0 Å². The fourth-order valence-electron chi connectivity index (χ4n) is 1.76. The van der Waals surface area contributed by atoms with Crippen molar-refractivity contribution in [1.29, 1.82) is 0 Å². The predicted octanol–water partition coefficient (Wildman–Crippen LogP) is 2.26. The predicted molar refractivity (Wildman–Crippen MR) is 48.6 cm³/mol. The maximum Gasteiger partial charge on any atom is 0.169 e. The van der Waals surface area contributed by atoms with Crippen LogP contribution in [0, 0.1) is 11.8 Å². The summed E-state index contributed by atoms with van der Waals surface area (Å²) in [5.41, 5.74) is 2.15. The Morgan fingerprint density at radius 3 is 2.08 bits per heavy atom. The Labute approximate surface area is 72.5 Å². The van der Waals surface area contributed by atoms with E-state index in [-0.39, 0.29) is 11.7 Å². The second kappa shape index (κ2) is 2.44. The van der Waals surface area contributed by atoms with Crippen LogP contribution in [0.3, 0.4) is 0 Å². The van der Waals surface area contributed by atoms with E-state index in [1.807, 2.05) is 26.0 Å². The van der Waals surface area contributed by atoms with Crippen LogP contribution in [0.2, 0.25) is 0 Å². The molecule has 0 radical (unpaired) electrons. The van der Waals surface area contributed by atoms with Gasteiger partial charge in [0.2, 0.25) is 0 Å². The zero-order valence-corrected chi connectivity index (χ0v) is 7.37. The van der Waals surface area contributed by atoms with E-state index >= 15 is 0 Å². The van der Waals surface area contributed by atoms with Gasteiger partial charge in [-0.15, -0.1) is 0 Å². The quantitative estimate of drug-likeness (QED) is 0.497. The molecule has 0 saturated heterocycles. The first-order valence-corrected chi connectivity index (χ1v) is 4.28. The fourth-order valence-corrected chi connectivity index (χ4v) is 1.76. The van der Waals surface area contributed by atoms with E-state index in [0.29, 0.717) is 5.92 Å². The van der Waals surface area contributed by atoms with Crippen LogP contribution in [0.25, 0.3) is 0 Å². The summed E-state index contributed by atoms with van der Waals surface area (Å²) in [5.74, 6) is 0.645. The Hall–Kier alpha value is -1.11. The molecule has 1 nitrogen and oxygen atoms in total. The summed E-state index contributed by atoms with van der Waals surface area (Å²) in [6.07, 6.45) is 8.25. The molecule has 0 amide bonds. The van der Waals surface area contributed by atoms with E-state index in [1.54, 1.807) is 0 Å². The van der Waals surface area contributed by atoms with Crippen LogP contribution >= 0.6 is 0 Å². The minimum absolute atomic E-state index is 0.0127. The lowest BCUT2D eigenvalue weighted by Crippen LogP contribution is -2.09. The Kier molecular flexibility index (Phi) is 1.53. The molecule has 0 N–H and O–H groups in total. The Bertz CT molecular complexity index is 304. The molecule has 0 aromatic heterocycles. The minimum Gasteiger partial charge on any atom is -0.294 e. The van der Waals surface area contributed by atoms with Crippen LogP contribution < -0.4 is 0 Å². The summed E-state index contributed by atoms with van der Waals surface area (Å²) in [6, 6.07) is 0. The summed E-state index contributed by atoms with van der Waals surface area (Å²) >= 11 is 0. The molecule has 12 heavy (non-hydrogen) atoms. The number of hydrogen-bond acceptors (Lipinski definition) is 1. The largest absolute Gasteiger partial charge is 0.294 e. The standard InChI is InChI=1S/C11H12O/c1-7-8(2)11(12)10-5-3-9(7)4-6-10/h3-6,9-10H,1-2H3. The average Bonchev–Trinajstić information content (AvgIpc) is 2.27. The number of Topliss-reactive ketones (excluding diaryl/α,β-unsaturated/α-hetero) is 1. The van der Waals surface area contributed by atoms with Gasteiger partial charge < -0.3 is 0 Å². The molecule has 0 aromatic carbocycles. The lowest BCUT2D eigenvalue weighted by Gasteiger charge is -2.09. The number of ketones is 1. The van der Waals surface area contributed by atoms with E-state index in [2.05, 4.69) is 12.2 Å². The van der Waals surface area contributed by atoms with Crippen molar-refractivity contribution in [3.05, 3.63) is 35.5 Å². The number of rotatable bonds is 0. The van der Waals surface area contributed by atoms with Crippen molar-refractivity contribution in [3.8, 4) is 0 Å². The summed E-state index contributed by atoms with van der Waals surface area (Å²) in [4.78, 5) is 11.7. The van der Waals surface area contributed by atoms with Crippen molar-refractivity contribution >= 4 is 5.78 Å². The zero-order chi connectivity index (χ0) is 8.72. The highest BCUT2D eigenvalue weighted by molar-refractivity contribution is 6.00. The van der Waals surface area contributed by atoms with Crippen molar-refractivity contribution in [1.82, 2.24) is 0 Å². The molecule has 3 rings (SSSR count). The monoisotopic (exact) mass is 160 g/mol. The zero-order valence-electron chi connectivity index (χ0n) is 7.37. The van der Waals surface area contributed by atoms with Gasteiger partial charge >= 0.3 is 0 Å². The van der Waals surface area contributed by atoms with Gasteiger partial charge in [0.25, 0.3) is 0 Å². The van der Waals surface area contributed by atoms with E-state index < -0.39 is 0 Å². The Morgan fingerprint density at radius 1 is 1.00 bits per heavy atom. The highest BCUT2D eigenvalue weighted by Crippen LogP contribution is 2.30. The van der Waals surface area contributed by atoms with Crippen molar-refractivity contribution < 1.29 is 4.79 Å². The average molecular weight is 160 g/mol. The molecule has 0 heterocycles. The van der Waals surface area contributed by atoms with E-state index in [0.717, 1.165) is 5.57 Å². The van der Waals surface area contributed by atoms with E-state index in [1.165, 1.54) is 5.57 Å². The van der Waals surface area contributed by atoms with Gasteiger partial charge in [0.05, 0.1) is 5.92 Å². The molecule has 2 bridgehead atoms. The van der Waals surface area contributed by atoms with Crippen molar-refractivity contribution in [3.63, 3.8) is 0 Å². The first kappa shape index (κ1) is 7.53. The molecule has 0 unspecified atom stereocenters. The second-order valence-electron chi connectivity index (χ2n) is 3.49. The molecule has 0 saturated carbocycles. The third kappa shape index (κ3) is 0.893. The van der Waals surface area contributed by atoms with Gasteiger partial charge in [0, 0.05) is 5.92 Å². The molecule has 3 aliphatic carbocycles. The summed E-state index contributed by atoms with van der Waals surface area (Å²) in [7, 11) is 0. The van der Waals surface area contributed by atoms with Crippen LogP contribution in [0.4, 0.5) is 0 Å². The molecule has 0 aliphatic heterocycles. The van der Waals surface area contributed by atoms with Gasteiger partial charge in [-0.2, -0.15) is 0 Å². The summed E-state index contributed by atoms with van der Waals surface area (Å²) in [6.45, 7) is 3.97. The molecule has 0 fully saturated rings. The number of hydrogen-bond donors (Lipinski definition) is 0. The first-order valence-electron chi connectivity index (χ1n) is 4.28. The molecular weight excluding hydrogens is 148 g/mol. The smallest absolute Gasteiger partial charge is 0.169 e. The lowest BCUT2D eigenvalue weighted by atomic mass is 9.95. The van der Waals surface area contributed by atoms with Gasteiger partial charge in [0.15, 0.2) is 5.78 Å². The van der Waals surface area contributed by atoms with Crippen molar-refractivity contribution in [2.75, 3.05) is 0 Å². The highest BCUT2D eigenvalue weighted by Gasteiger charge is 2.25. The summed E-state index contributed by atoms with van der Waals surface area (Å²) < 4.78 is 0. The van der Waals surface area contributed by atoms with Gasteiger partial charge in [0.1, 0.15) is 0 Å². The third-order valence-corrected chi connectivity index (χ3v) is 2.82. The fraction of sp³-hybridized carbons (Fsp3) is 0.364. The van der Waals surface area contributed by atoms with Crippen LogP contribution in [0.1, 0.15) is 13.8 Å². The van der Waals surface area contributed by atoms with Gasteiger partial charge in [-0.05, 0) is 19.4 Å². The molecule has 0 aromatic rings. The van der Waals surface area contributed by atoms with Crippen LogP contribution in [-0.2, 0) is 4.79 Å². The van der Waals surface area contributed by atoms with Crippen LogP contribution in [-0.4, -0.2) is 5.78 Å². The Balaban J connectivity index is 2.56. The van der Waals surface area contributed by atoms with Crippen molar-refractivity contribution in [2.45, 2.75) is 13.8 Å². The lowest BCUT2D eigenvalue weighted by molar-refractivity contribution is -0.116. The van der Waals surface area contributed by atoms with Crippen LogP contribution in [0.5, 0.6) is 0 Å². The molecule has 0 spiro atoms. The molecule has 3 aliphatic rings. The third-order valence-electron chi connectivity index (χ3n) is 2.82. The summed E-state index contributed by atoms with van der Waals surface area (Å²) in [5, 5.41) is 0. The van der Waals surface area contributed by atoms with Crippen LogP contribution in [0.15, 0.2) is 35.5 Å². The number of fused-ring (bicyclic) bond motifs is 1.